The Morgan fingerprint density at radius 2 is 1.67 bits per heavy atom. The number of amides is 2. The average Bonchev–Trinajstić information content (AvgIpc) is 2.82. The van der Waals surface area contributed by atoms with Crippen molar-refractivity contribution >= 4 is 17.5 Å². The van der Waals surface area contributed by atoms with E-state index in [1.54, 1.807) is 4.90 Å². The van der Waals surface area contributed by atoms with Gasteiger partial charge in [0, 0.05) is 38.0 Å². The van der Waals surface area contributed by atoms with Crippen molar-refractivity contribution in [2.24, 2.45) is 0 Å². The summed E-state index contributed by atoms with van der Waals surface area (Å²) in [5, 5.41) is 3.08. The number of nitrogens with zero attached hydrogens (tertiary/aromatic N) is 1. The van der Waals surface area contributed by atoms with Crippen LogP contribution in [0.25, 0.3) is 0 Å². The number of hydrogen-bond acceptors (Lipinski definition) is 4. The third-order valence-corrected chi connectivity index (χ3v) is 6.06. The van der Waals surface area contributed by atoms with Crippen molar-refractivity contribution in [3.8, 4) is 5.75 Å². The number of rotatable bonds is 6. The second kappa shape index (κ2) is 9.30. The molecule has 0 radical (unpaired) electrons. The van der Waals surface area contributed by atoms with Gasteiger partial charge < -0.3 is 19.7 Å². The first-order valence-electron chi connectivity index (χ1n) is 10.6. The lowest BCUT2D eigenvalue weighted by atomic mass is 9.74. The summed E-state index contributed by atoms with van der Waals surface area (Å²) in [4.78, 5) is 27.0. The summed E-state index contributed by atoms with van der Waals surface area (Å²) < 4.78 is 11.2. The van der Waals surface area contributed by atoms with Crippen molar-refractivity contribution in [1.82, 2.24) is 5.32 Å². The molecule has 0 unspecified atom stereocenters. The van der Waals surface area contributed by atoms with Gasteiger partial charge >= 0.3 is 0 Å². The summed E-state index contributed by atoms with van der Waals surface area (Å²) in [6.45, 7) is 2.93. The van der Waals surface area contributed by atoms with Crippen LogP contribution in [0.15, 0.2) is 54.6 Å². The number of carbonyl (C=O) groups is 2. The maximum absolute atomic E-state index is 12.7. The lowest BCUT2D eigenvalue weighted by molar-refractivity contribution is -0.125. The fourth-order valence-corrected chi connectivity index (χ4v) is 4.26. The number of hydrogen-bond donors (Lipinski definition) is 1. The third kappa shape index (κ3) is 4.49. The number of carbonyl (C=O) groups excluding carboxylic acids is 2. The molecule has 0 bridgehead atoms. The predicted octanol–water partition coefficient (Wildman–Crippen LogP) is 3.06. The lowest BCUT2D eigenvalue weighted by Crippen LogP contribution is -2.45. The van der Waals surface area contributed by atoms with Crippen LogP contribution in [-0.2, 0) is 19.7 Å². The summed E-state index contributed by atoms with van der Waals surface area (Å²) >= 11 is 0. The second-order valence-corrected chi connectivity index (χ2v) is 7.90. The van der Waals surface area contributed by atoms with E-state index in [4.69, 9.17) is 9.47 Å². The molecular weight excluding hydrogens is 380 g/mol. The first kappa shape index (κ1) is 20.4. The number of anilines is 1. The van der Waals surface area contributed by atoms with Crippen molar-refractivity contribution in [1.29, 1.82) is 0 Å². The Hall–Kier alpha value is -2.86. The molecule has 2 aliphatic rings. The highest BCUT2D eigenvalue weighted by molar-refractivity contribution is 5.97. The number of fused-ring (bicyclic) bond motifs is 1. The fraction of sp³-hybridized carbons (Fsp3) is 0.417. The molecule has 1 fully saturated rings. The summed E-state index contributed by atoms with van der Waals surface area (Å²) in [7, 11) is 0. The molecule has 0 saturated carbocycles. The van der Waals surface area contributed by atoms with Crippen LogP contribution in [0.2, 0.25) is 0 Å². The van der Waals surface area contributed by atoms with E-state index < -0.39 is 0 Å². The number of nitrogens with one attached hydrogen (secondary N) is 1. The van der Waals surface area contributed by atoms with Crippen LogP contribution in [0.3, 0.4) is 0 Å². The molecule has 6 heteroatoms. The Balaban J connectivity index is 1.33. The molecule has 0 aromatic heterocycles. The zero-order valence-electron chi connectivity index (χ0n) is 17.1. The van der Waals surface area contributed by atoms with Crippen LogP contribution in [-0.4, -0.2) is 44.7 Å². The van der Waals surface area contributed by atoms with Crippen LogP contribution in [0, 0.1) is 0 Å². The largest absolute Gasteiger partial charge is 0.490 e. The average molecular weight is 408 g/mol. The first-order valence-corrected chi connectivity index (χ1v) is 10.6. The minimum atomic E-state index is -0.109. The topological polar surface area (TPSA) is 67.9 Å². The Morgan fingerprint density at radius 3 is 2.47 bits per heavy atom. The molecule has 2 amide bonds. The molecule has 2 heterocycles. The van der Waals surface area contributed by atoms with Crippen LogP contribution in [0.5, 0.6) is 5.75 Å². The lowest BCUT2D eigenvalue weighted by Gasteiger charge is -2.38. The minimum Gasteiger partial charge on any atom is -0.490 e. The molecule has 4 rings (SSSR count). The molecule has 2 aromatic carbocycles. The van der Waals surface area contributed by atoms with Gasteiger partial charge in [-0.1, -0.05) is 42.5 Å². The summed E-state index contributed by atoms with van der Waals surface area (Å²) in [5.41, 5.74) is 1.90. The Bertz CT molecular complexity index is 878. The van der Waals surface area contributed by atoms with Crippen molar-refractivity contribution < 1.29 is 19.1 Å². The highest BCUT2D eigenvalue weighted by Crippen LogP contribution is 2.34. The van der Waals surface area contributed by atoms with E-state index in [0.29, 0.717) is 38.7 Å². The van der Waals surface area contributed by atoms with Crippen LogP contribution >= 0.6 is 0 Å². The first-order chi connectivity index (χ1) is 14.7. The van der Waals surface area contributed by atoms with Gasteiger partial charge in [-0.2, -0.15) is 0 Å². The van der Waals surface area contributed by atoms with Crippen LogP contribution < -0.4 is 15.0 Å². The molecule has 0 aliphatic carbocycles. The van der Waals surface area contributed by atoms with E-state index >= 15 is 0 Å². The van der Waals surface area contributed by atoms with Gasteiger partial charge in [0.05, 0.1) is 12.2 Å². The van der Waals surface area contributed by atoms with E-state index in [2.05, 4.69) is 17.4 Å². The van der Waals surface area contributed by atoms with Crippen molar-refractivity contribution in [3.05, 3.63) is 60.2 Å². The highest BCUT2D eigenvalue weighted by atomic mass is 16.5. The fourth-order valence-electron chi connectivity index (χ4n) is 4.26. The molecule has 1 N–H and O–H groups in total. The van der Waals surface area contributed by atoms with Gasteiger partial charge in [-0.05, 0) is 30.5 Å². The predicted molar refractivity (Wildman–Crippen MR) is 115 cm³/mol. The molecule has 1 saturated heterocycles. The van der Waals surface area contributed by atoms with E-state index in [-0.39, 0.29) is 30.1 Å². The zero-order chi connectivity index (χ0) is 20.8. The maximum Gasteiger partial charge on any atom is 0.227 e. The van der Waals surface area contributed by atoms with Crippen molar-refractivity contribution in [3.63, 3.8) is 0 Å². The quantitative estimate of drug-likeness (QED) is 0.798. The van der Waals surface area contributed by atoms with Crippen LogP contribution in [0.1, 0.15) is 31.2 Å². The summed E-state index contributed by atoms with van der Waals surface area (Å²) in [5.74, 6) is 0.572. The minimum absolute atomic E-state index is 0.0512. The monoisotopic (exact) mass is 408 g/mol. The van der Waals surface area contributed by atoms with Crippen molar-refractivity contribution in [2.45, 2.75) is 31.1 Å². The standard InChI is InChI=1S/C24H28N2O4/c27-22(10-11-23(28)26-14-17-30-21-9-5-4-8-20(21)26)25-18-24(12-15-29-16-13-24)19-6-2-1-3-7-19/h1-9H,10-18H2,(H,25,27). The van der Waals surface area contributed by atoms with Gasteiger partial charge in [0.15, 0.2) is 0 Å². The molecule has 0 spiro atoms. The zero-order valence-corrected chi connectivity index (χ0v) is 17.1. The molecule has 6 nitrogen and oxygen atoms in total. The Labute approximate surface area is 177 Å². The van der Waals surface area contributed by atoms with Crippen molar-refractivity contribution in [2.75, 3.05) is 37.8 Å². The van der Waals surface area contributed by atoms with Gasteiger partial charge in [-0.25, -0.2) is 0 Å². The van der Waals surface area contributed by atoms with Gasteiger partial charge in [-0.3, -0.25) is 9.59 Å². The molecule has 2 aromatic rings. The second-order valence-electron chi connectivity index (χ2n) is 7.90. The van der Waals surface area contributed by atoms with Gasteiger partial charge in [0.1, 0.15) is 12.4 Å². The Morgan fingerprint density at radius 1 is 0.933 bits per heavy atom. The maximum atomic E-state index is 12.7. The number of benzene rings is 2. The van der Waals surface area contributed by atoms with E-state index in [1.165, 1.54) is 5.56 Å². The summed E-state index contributed by atoms with van der Waals surface area (Å²) in [6.07, 6.45) is 2.11. The normalized spacial score (nSPS) is 17.5. The molecular formula is C24H28N2O4. The van der Waals surface area contributed by atoms with Gasteiger partial charge in [0.2, 0.25) is 11.8 Å². The molecule has 30 heavy (non-hydrogen) atoms. The third-order valence-electron chi connectivity index (χ3n) is 6.06. The summed E-state index contributed by atoms with van der Waals surface area (Å²) in [6, 6.07) is 17.8. The molecule has 2 aliphatic heterocycles. The molecule has 0 atom stereocenters. The molecule has 158 valence electrons. The highest BCUT2D eigenvalue weighted by Gasteiger charge is 2.34. The Kier molecular flexibility index (Phi) is 6.33. The van der Waals surface area contributed by atoms with E-state index in [9.17, 15) is 9.59 Å². The number of para-hydroxylation sites is 2. The number of ether oxygens (including phenoxy) is 2. The van der Waals surface area contributed by atoms with E-state index in [0.717, 1.165) is 18.5 Å². The van der Waals surface area contributed by atoms with Crippen LogP contribution in [0.4, 0.5) is 5.69 Å². The van der Waals surface area contributed by atoms with Gasteiger partial charge in [0.25, 0.3) is 0 Å². The van der Waals surface area contributed by atoms with Gasteiger partial charge in [-0.15, -0.1) is 0 Å². The van der Waals surface area contributed by atoms with E-state index in [1.807, 2.05) is 42.5 Å². The SMILES string of the molecule is O=C(CCC(=O)N1CCOc2ccccc21)NCC1(c2ccccc2)CCOCC1. The smallest absolute Gasteiger partial charge is 0.227 e.